The molecule has 0 atom stereocenters. The Labute approximate surface area is 129 Å². The first-order valence-corrected chi connectivity index (χ1v) is 7.44. The summed E-state index contributed by atoms with van der Waals surface area (Å²) in [4.78, 5) is 15.9. The smallest absolute Gasteiger partial charge is 0.321 e. The minimum Gasteiger partial charge on any atom is -0.337 e. The molecular formula is C13H13FN6OS. The molecule has 7 nitrogen and oxygen atoms in total. The van der Waals surface area contributed by atoms with Gasteiger partial charge in [-0.25, -0.2) is 14.2 Å². The van der Waals surface area contributed by atoms with Crippen LogP contribution in [0.1, 0.15) is 5.82 Å². The summed E-state index contributed by atoms with van der Waals surface area (Å²) in [6.45, 7) is 0.378. The zero-order valence-electron chi connectivity index (χ0n) is 11.7. The molecule has 0 saturated heterocycles. The van der Waals surface area contributed by atoms with Gasteiger partial charge in [0, 0.05) is 20.0 Å². The Hall–Kier alpha value is -2.55. The molecule has 0 fully saturated rings. The number of carbonyl (C=O) groups excluding carboxylic acids is 1. The molecule has 22 heavy (non-hydrogen) atoms. The maximum absolute atomic E-state index is 13.7. The highest BCUT2D eigenvalue weighted by Crippen LogP contribution is 2.18. The number of nitrogens with one attached hydrogen (secondary N) is 2. The van der Waals surface area contributed by atoms with Crippen LogP contribution in [-0.4, -0.2) is 32.3 Å². The van der Waals surface area contributed by atoms with Crippen LogP contribution in [0.5, 0.6) is 0 Å². The van der Waals surface area contributed by atoms with Gasteiger partial charge < -0.3 is 9.88 Å². The number of hydrogen-bond donors (Lipinski definition) is 2. The highest BCUT2D eigenvalue weighted by molar-refractivity contribution is 7.13. The van der Waals surface area contributed by atoms with Crippen molar-refractivity contribution in [2.45, 2.75) is 6.42 Å². The summed E-state index contributed by atoms with van der Waals surface area (Å²) in [5.74, 6) is 0.359. The number of aromatic nitrogens is 4. The molecule has 0 aliphatic heterocycles. The molecule has 2 aromatic heterocycles. The van der Waals surface area contributed by atoms with Gasteiger partial charge in [-0.1, -0.05) is 17.4 Å². The van der Waals surface area contributed by atoms with Gasteiger partial charge in [-0.2, -0.15) is 0 Å². The Morgan fingerprint density at radius 2 is 2.32 bits per heavy atom. The molecule has 0 aliphatic carbocycles. The standard InChI is InChI=1S/C13H13FN6OS/c1-20-9-4-2-3-8(14)11(9)17-10(20)5-6-15-12(21)18-13-19-16-7-22-13/h2-4,7H,5-6H2,1H3,(H2,15,18,19,21). The van der Waals surface area contributed by atoms with Gasteiger partial charge in [0.15, 0.2) is 5.82 Å². The fourth-order valence-corrected chi connectivity index (χ4v) is 2.55. The third-order valence-electron chi connectivity index (χ3n) is 3.17. The van der Waals surface area contributed by atoms with E-state index in [-0.39, 0.29) is 11.8 Å². The maximum atomic E-state index is 13.7. The van der Waals surface area contributed by atoms with Crippen molar-refractivity contribution in [3.63, 3.8) is 0 Å². The van der Waals surface area contributed by atoms with Gasteiger partial charge in [0.1, 0.15) is 16.9 Å². The van der Waals surface area contributed by atoms with E-state index in [2.05, 4.69) is 25.8 Å². The van der Waals surface area contributed by atoms with Crippen molar-refractivity contribution in [3.05, 3.63) is 35.4 Å². The second kappa shape index (κ2) is 6.06. The van der Waals surface area contributed by atoms with Gasteiger partial charge in [0.05, 0.1) is 5.52 Å². The maximum Gasteiger partial charge on any atom is 0.321 e. The summed E-state index contributed by atoms with van der Waals surface area (Å²) in [5, 5.41) is 13.0. The van der Waals surface area contributed by atoms with Crippen LogP contribution in [0.4, 0.5) is 14.3 Å². The van der Waals surface area contributed by atoms with Crippen molar-refractivity contribution < 1.29 is 9.18 Å². The minimum absolute atomic E-state index is 0.346. The van der Waals surface area contributed by atoms with Crippen molar-refractivity contribution in [2.75, 3.05) is 11.9 Å². The van der Waals surface area contributed by atoms with E-state index in [9.17, 15) is 9.18 Å². The van der Waals surface area contributed by atoms with Crippen molar-refractivity contribution >= 4 is 33.5 Å². The lowest BCUT2D eigenvalue weighted by Gasteiger charge is -2.05. The molecule has 2 amide bonds. The van der Waals surface area contributed by atoms with E-state index >= 15 is 0 Å². The number of carbonyl (C=O) groups is 1. The molecule has 0 radical (unpaired) electrons. The number of rotatable bonds is 4. The number of amides is 2. The van der Waals surface area contributed by atoms with Crippen LogP contribution in [-0.2, 0) is 13.5 Å². The van der Waals surface area contributed by atoms with Crippen molar-refractivity contribution in [1.82, 2.24) is 25.1 Å². The predicted molar refractivity (Wildman–Crippen MR) is 81.3 cm³/mol. The monoisotopic (exact) mass is 320 g/mol. The number of hydrogen-bond acceptors (Lipinski definition) is 5. The van der Waals surface area contributed by atoms with E-state index in [1.54, 1.807) is 6.07 Å². The molecule has 0 aliphatic rings. The summed E-state index contributed by atoms with van der Waals surface area (Å²) in [5.41, 5.74) is 2.61. The lowest BCUT2D eigenvalue weighted by molar-refractivity contribution is 0.252. The molecule has 114 valence electrons. The Morgan fingerprint density at radius 1 is 1.45 bits per heavy atom. The first-order chi connectivity index (χ1) is 10.6. The Kier molecular flexibility index (Phi) is 3.96. The third-order valence-corrected chi connectivity index (χ3v) is 3.78. The van der Waals surface area contributed by atoms with Crippen molar-refractivity contribution in [3.8, 4) is 0 Å². The summed E-state index contributed by atoms with van der Waals surface area (Å²) in [7, 11) is 1.82. The lowest BCUT2D eigenvalue weighted by atomic mass is 10.3. The lowest BCUT2D eigenvalue weighted by Crippen LogP contribution is -2.30. The van der Waals surface area contributed by atoms with E-state index in [1.807, 2.05) is 17.7 Å². The number of halogens is 1. The molecule has 0 saturated carbocycles. The fourth-order valence-electron chi connectivity index (χ4n) is 2.11. The number of nitrogens with zero attached hydrogens (tertiary/aromatic N) is 4. The Balaban J connectivity index is 1.61. The first-order valence-electron chi connectivity index (χ1n) is 6.56. The number of imidazole rings is 1. The first kappa shape index (κ1) is 14.4. The summed E-state index contributed by atoms with van der Waals surface area (Å²) in [6.07, 6.45) is 0.494. The molecule has 0 bridgehead atoms. The number of para-hydroxylation sites is 1. The van der Waals surface area contributed by atoms with Crippen LogP contribution in [0.3, 0.4) is 0 Å². The van der Waals surface area contributed by atoms with Crippen LogP contribution in [0, 0.1) is 5.82 Å². The predicted octanol–water partition coefficient (Wildman–Crippen LogP) is 1.93. The van der Waals surface area contributed by atoms with Crippen LogP contribution in [0.2, 0.25) is 0 Å². The molecule has 2 N–H and O–H groups in total. The topological polar surface area (TPSA) is 84.7 Å². The SMILES string of the molecule is Cn1c(CCNC(=O)Nc2nncs2)nc2c(F)cccc21. The molecule has 1 aromatic carbocycles. The van der Waals surface area contributed by atoms with Crippen molar-refractivity contribution in [2.24, 2.45) is 7.05 Å². The molecular weight excluding hydrogens is 307 g/mol. The zero-order chi connectivity index (χ0) is 15.5. The average molecular weight is 320 g/mol. The van der Waals surface area contributed by atoms with E-state index in [0.29, 0.717) is 29.4 Å². The number of anilines is 1. The molecule has 3 rings (SSSR count). The van der Waals surface area contributed by atoms with Gasteiger partial charge in [0.25, 0.3) is 0 Å². The second-order valence-electron chi connectivity index (χ2n) is 4.57. The van der Waals surface area contributed by atoms with E-state index < -0.39 is 0 Å². The van der Waals surface area contributed by atoms with Gasteiger partial charge in [0.2, 0.25) is 5.13 Å². The number of urea groups is 1. The summed E-state index contributed by atoms with van der Waals surface area (Å²) >= 11 is 1.24. The molecule has 0 spiro atoms. The van der Waals surface area contributed by atoms with Crippen LogP contribution >= 0.6 is 11.3 Å². The highest BCUT2D eigenvalue weighted by Gasteiger charge is 2.11. The normalized spacial score (nSPS) is 10.8. The molecule has 2 heterocycles. The van der Waals surface area contributed by atoms with Gasteiger partial charge >= 0.3 is 6.03 Å². The fraction of sp³-hybridized carbons (Fsp3) is 0.231. The van der Waals surface area contributed by atoms with E-state index in [0.717, 1.165) is 5.52 Å². The molecule has 0 unspecified atom stereocenters. The number of aryl methyl sites for hydroxylation is 1. The van der Waals surface area contributed by atoms with E-state index in [4.69, 9.17) is 0 Å². The van der Waals surface area contributed by atoms with Gasteiger partial charge in [-0.3, -0.25) is 5.32 Å². The third kappa shape index (κ3) is 2.89. The molecule has 9 heteroatoms. The van der Waals surface area contributed by atoms with Crippen LogP contribution in [0.15, 0.2) is 23.7 Å². The number of benzene rings is 1. The van der Waals surface area contributed by atoms with Crippen molar-refractivity contribution in [1.29, 1.82) is 0 Å². The summed E-state index contributed by atoms with van der Waals surface area (Å²) in [6, 6.07) is 4.48. The van der Waals surface area contributed by atoms with Gasteiger partial charge in [-0.15, -0.1) is 10.2 Å². The Morgan fingerprint density at radius 3 is 3.05 bits per heavy atom. The largest absolute Gasteiger partial charge is 0.337 e. The summed E-state index contributed by atoms with van der Waals surface area (Å²) < 4.78 is 15.5. The minimum atomic E-state index is -0.360. The zero-order valence-corrected chi connectivity index (χ0v) is 12.5. The average Bonchev–Trinajstić information content (AvgIpc) is 3.10. The van der Waals surface area contributed by atoms with E-state index in [1.165, 1.54) is 22.9 Å². The van der Waals surface area contributed by atoms with Gasteiger partial charge in [-0.05, 0) is 12.1 Å². The quantitative estimate of drug-likeness (QED) is 0.769. The second-order valence-corrected chi connectivity index (χ2v) is 5.40. The van der Waals surface area contributed by atoms with Crippen LogP contribution < -0.4 is 10.6 Å². The molecule has 3 aromatic rings. The number of fused-ring (bicyclic) bond motifs is 1. The highest BCUT2D eigenvalue weighted by atomic mass is 32.1. The Bertz CT molecular complexity index is 800. The van der Waals surface area contributed by atoms with Crippen LogP contribution in [0.25, 0.3) is 11.0 Å².